The molecule has 0 spiro atoms. The van der Waals surface area contributed by atoms with Crippen LogP contribution in [0.2, 0.25) is 0 Å². The van der Waals surface area contributed by atoms with Gasteiger partial charge in [0.15, 0.2) is 0 Å². The highest BCUT2D eigenvalue weighted by Crippen LogP contribution is 2.18. The molecule has 0 heterocycles. The summed E-state index contributed by atoms with van der Waals surface area (Å²) in [5.74, 6) is -0.793. The van der Waals surface area contributed by atoms with Gasteiger partial charge in [0.1, 0.15) is 0 Å². The number of urea groups is 1. The molecule has 86 valence electrons. The van der Waals surface area contributed by atoms with E-state index < -0.39 is 5.97 Å². The van der Waals surface area contributed by atoms with Crippen LogP contribution in [0.1, 0.15) is 32.6 Å². The van der Waals surface area contributed by atoms with Crippen LogP contribution in [-0.2, 0) is 4.79 Å². The third kappa shape index (κ3) is 5.24. The largest absolute Gasteiger partial charge is 0.481 e. The number of amides is 2. The predicted molar refractivity (Wildman–Crippen MR) is 55.6 cm³/mol. The lowest BCUT2D eigenvalue weighted by atomic mass is 10.0. The molecule has 5 nitrogen and oxygen atoms in total. The number of hydrogen-bond donors (Lipinski definition) is 3. The zero-order chi connectivity index (χ0) is 11.3. The average Bonchev–Trinajstić information content (AvgIpc) is 2.95. The number of nitrogens with one attached hydrogen (secondary N) is 2. The normalized spacial score (nSPS) is 16.9. The maximum atomic E-state index is 11.2. The van der Waals surface area contributed by atoms with Crippen molar-refractivity contribution in [3.63, 3.8) is 0 Å². The molecular weight excluding hydrogens is 196 g/mol. The summed E-state index contributed by atoms with van der Waals surface area (Å²) >= 11 is 0. The molecule has 0 aromatic heterocycles. The minimum atomic E-state index is -0.814. The molecule has 0 aromatic rings. The first-order valence-corrected chi connectivity index (χ1v) is 5.38. The lowest BCUT2D eigenvalue weighted by molar-refractivity contribution is -0.138. The Hall–Kier alpha value is -1.26. The number of carbonyl (C=O) groups is 2. The molecule has 0 aromatic carbocycles. The fourth-order valence-electron chi connectivity index (χ4n) is 1.31. The third-order valence-corrected chi connectivity index (χ3v) is 2.50. The minimum absolute atomic E-state index is 0.0208. The molecule has 2 amide bonds. The van der Waals surface area contributed by atoms with E-state index in [4.69, 9.17) is 5.11 Å². The summed E-state index contributed by atoms with van der Waals surface area (Å²) in [6, 6.07) is 0.158. The van der Waals surface area contributed by atoms with Crippen molar-refractivity contribution in [2.45, 2.75) is 38.6 Å². The van der Waals surface area contributed by atoms with Crippen LogP contribution in [0.4, 0.5) is 4.79 Å². The first kappa shape index (κ1) is 11.8. The number of rotatable bonds is 6. The van der Waals surface area contributed by atoms with Crippen LogP contribution >= 0.6 is 0 Å². The van der Waals surface area contributed by atoms with E-state index in [1.54, 1.807) is 0 Å². The van der Waals surface area contributed by atoms with E-state index in [2.05, 4.69) is 10.6 Å². The van der Waals surface area contributed by atoms with Gasteiger partial charge in [-0.25, -0.2) is 4.79 Å². The Morgan fingerprint density at radius 3 is 2.60 bits per heavy atom. The molecule has 0 radical (unpaired) electrons. The zero-order valence-corrected chi connectivity index (χ0v) is 8.95. The topological polar surface area (TPSA) is 78.4 Å². The van der Waals surface area contributed by atoms with Crippen LogP contribution in [-0.4, -0.2) is 29.7 Å². The molecule has 1 aliphatic carbocycles. The fourth-order valence-corrected chi connectivity index (χ4v) is 1.31. The molecule has 1 saturated carbocycles. The van der Waals surface area contributed by atoms with Crippen molar-refractivity contribution < 1.29 is 14.7 Å². The van der Waals surface area contributed by atoms with Crippen LogP contribution in [0.15, 0.2) is 0 Å². The number of aliphatic carboxylic acids is 1. The fraction of sp³-hybridized carbons (Fsp3) is 0.800. The average molecular weight is 214 g/mol. The van der Waals surface area contributed by atoms with E-state index >= 15 is 0 Å². The Morgan fingerprint density at radius 1 is 1.47 bits per heavy atom. The Morgan fingerprint density at radius 2 is 2.13 bits per heavy atom. The Kier molecular flexibility index (Phi) is 4.39. The van der Waals surface area contributed by atoms with Gasteiger partial charge in [-0.2, -0.15) is 0 Å². The number of hydrogen-bond acceptors (Lipinski definition) is 2. The summed E-state index contributed by atoms with van der Waals surface area (Å²) < 4.78 is 0. The highest BCUT2D eigenvalue weighted by Gasteiger charge is 2.23. The summed E-state index contributed by atoms with van der Waals surface area (Å²) in [5.41, 5.74) is 0. The standard InChI is InChI=1S/C10H18N2O3/c1-2-7(5-9(13)14)6-11-10(15)12-8-3-4-8/h7-8H,2-6H2,1H3,(H,13,14)(H2,11,12,15). The smallest absolute Gasteiger partial charge is 0.315 e. The van der Waals surface area contributed by atoms with Gasteiger partial charge in [0, 0.05) is 19.0 Å². The Balaban J connectivity index is 2.14. The van der Waals surface area contributed by atoms with Gasteiger partial charge < -0.3 is 15.7 Å². The highest BCUT2D eigenvalue weighted by molar-refractivity contribution is 5.74. The molecule has 0 aliphatic heterocycles. The van der Waals surface area contributed by atoms with Gasteiger partial charge in [-0.05, 0) is 18.8 Å². The lowest BCUT2D eigenvalue weighted by Crippen LogP contribution is -2.39. The van der Waals surface area contributed by atoms with Gasteiger partial charge in [-0.3, -0.25) is 4.79 Å². The van der Waals surface area contributed by atoms with E-state index in [9.17, 15) is 9.59 Å². The van der Waals surface area contributed by atoms with E-state index in [1.165, 1.54) is 0 Å². The first-order valence-electron chi connectivity index (χ1n) is 5.38. The molecule has 1 fully saturated rings. The minimum Gasteiger partial charge on any atom is -0.481 e. The van der Waals surface area contributed by atoms with Gasteiger partial charge in [0.25, 0.3) is 0 Å². The van der Waals surface area contributed by atoms with Crippen LogP contribution in [0.25, 0.3) is 0 Å². The van der Waals surface area contributed by atoms with Gasteiger partial charge in [-0.1, -0.05) is 13.3 Å². The number of carboxylic acids is 1. The van der Waals surface area contributed by atoms with Crippen molar-refractivity contribution in [1.29, 1.82) is 0 Å². The Labute approximate surface area is 89.2 Å². The summed E-state index contributed by atoms with van der Waals surface area (Å²) in [7, 11) is 0. The third-order valence-electron chi connectivity index (χ3n) is 2.50. The van der Waals surface area contributed by atoms with Crippen molar-refractivity contribution >= 4 is 12.0 Å². The van der Waals surface area contributed by atoms with Crippen molar-refractivity contribution in [1.82, 2.24) is 10.6 Å². The second-order valence-corrected chi connectivity index (χ2v) is 4.00. The summed E-state index contributed by atoms with van der Waals surface area (Å²) in [4.78, 5) is 21.7. The van der Waals surface area contributed by atoms with Crippen LogP contribution in [0.5, 0.6) is 0 Å². The van der Waals surface area contributed by atoms with Gasteiger partial charge in [-0.15, -0.1) is 0 Å². The number of carbonyl (C=O) groups excluding carboxylic acids is 1. The first-order chi connectivity index (χ1) is 7.11. The molecule has 1 aliphatic rings. The monoisotopic (exact) mass is 214 g/mol. The second kappa shape index (κ2) is 5.58. The van der Waals surface area contributed by atoms with Crippen LogP contribution < -0.4 is 10.6 Å². The van der Waals surface area contributed by atoms with Crippen molar-refractivity contribution in [2.24, 2.45) is 5.92 Å². The van der Waals surface area contributed by atoms with Crippen LogP contribution in [0.3, 0.4) is 0 Å². The van der Waals surface area contributed by atoms with Crippen molar-refractivity contribution in [3.05, 3.63) is 0 Å². The molecule has 1 rings (SSSR count). The van der Waals surface area contributed by atoms with E-state index in [0.717, 1.165) is 19.3 Å². The van der Waals surface area contributed by atoms with Crippen molar-refractivity contribution in [3.8, 4) is 0 Å². The van der Waals surface area contributed by atoms with Crippen molar-refractivity contribution in [2.75, 3.05) is 6.54 Å². The van der Waals surface area contributed by atoms with E-state index in [-0.39, 0.29) is 18.4 Å². The zero-order valence-electron chi connectivity index (χ0n) is 8.95. The maximum Gasteiger partial charge on any atom is 0.315 e. The number of carboxylic acid groups (broad SMARTS) is 1. The van der Waals surface area contributed by atoms with Gasteiger partial charge >= 0.3 is 12.0 Å². The maximum absolute atomic E-state index is 11.2. The molecule has 1 unspecified atom stereocenters. The van der Waals surface area contributed by atoms with Gasteiger partial charge in [0.2, 0.25) is 0 Å². The predicted octanol–water partition coefficient (Wildman–Crippen LogP) is 0.949. The summed E-state index contributed by atoms with van der Waals surface area (Å²) in [6.07, 6.45) is 2.98. The highest BCUT2D eigenvalue weighted by atomic mass is 16.4. The van der Waals surface area contributed by atoms with E-state index in [0.29, 0.717) is 12.6 Å². The SMILES string of the molecule is CCC(CNC(=O)NC1CC1)CC(=O)O. The molecule has 5 heteroatoms. The molecular formula is C10H18N2O3. The molecule has 1 atom stereocenters. The lowest BCUT2D eigenvalue weighted by Gasteiger charge is -2.13. The molecule has 3 N–H and O–H groups in total. The van der Waals surface area contributed by atoms with E-state index in [1.807, 2.05) is 6.92 Å². The molecule has 15 heavy (non-hydrogen) atoms. The molecule has 0 saturated heterocycles. The molecule has 0 bridgehead atoms. The summed E-state index contributed by atoms with van der Waals surface area (Å²) in [5, 5.41) is 14.1. The van der Waals surface area contributed by atoms with Crippen LogP contribution in [0, 0.1) is 5.92 Å². The summed E-state index contributed by atoms with van der Waals surface area (Å²) in [6.45, 7) is 2.36. The second-order valence-electron chi connectivity index (χ2n) is 4.00. The Bertz CT molecular complexity index is 239. The van der Waals surface area contributed by atoms with Gasteiger partial charge in [0.05, 0.1) is 0 Å². The quantitative estimate of drug-likeness (QED) is 0.616.